The van der Waals surface area contributed by atoms with Crippen LogP contribution in [0.2, 0.25) is 0 Å². The van der Waals surface area contributed by atoms with Gasteiger partial charge in [0.05, 0.1) is 19.3 Å². The van der Waals surface area contributed by atoms with Crippen LogP contribution in [0.25, 0.3) is 0 Å². The summed E-state index contributed by atoms with van der Waals surface area (Å²) in [6, 6.07) is 15.9. The third-order valence-corrected chi connectivity index (χ3v) is 4.34. The molecule has 0 atom stereocenters. The highest BCUT2D eigenvalue weighted by Crippen LogP contribution is 2.35. The molecule has 156 valence electrons. The van der Waals surface area contributed by atoms with Crippen molar-refractivity contribution in [3.63, 3.8) is 0 Å². The summed E-state index contributed by atoms with van der Waals surface area (Å²) in [5.74, 6) is 2.05. The summed E-state index contributed by atoms with van der Waals surface area (Å²) < 4.78 is 29.4. The Morgan fingerprint density at radius 1 is 1.03 bits per heavy atom. The van der Waals surface area contributed by atoms with E-state index in [2.05, 4.69) is 4.98 Å². The fourth-order valence-corrected chi connectivity index (χ4v) is 2.93. The molecule has 0 aliphatic rings. The van der Waals surface area contributed by atoms with Gasteiger partial charge < -0.3 is 19.1 Å². The number of anilines is 1. The molecule has 7 heteroatoms. The molecule has 2 aromatic carbocycles. The van der Waals surface area contributed by atoms with Crippen LogP contribution < -0.4 is 19.1 Å². The van der Waals surface area contributed by atoms with Crippen molar-refractivity contribution in [1.29, 1.82) is 0 Å². The first-order chi connectivity index (χ1) is 14.6. The van der Waals surface area contributed by atoms with Crippen molar-refractivity contribution >= 4 is 11.6 Å². The van der Waals surface area contributed by atoms with Gasteiger partial charge in [0.25, 0.3) is 0 Å². The number of carbonyl (C=O) groups excluding carboxylic acids is 1. The third-order valence-electron chi connectivity index (χ3n) is 4.34. The van der Waals surface area contributed by atoms with Crippen LogP contribution in [-0.2, 0) is 11.3 Å². The molecule has 0 spiro atoms. The van der Waals surface area contributed by atoms with Gasteiger partial charge >= 0.3 is 0 Å². The molecule has 6 nitrogen and oxygen atoms in total. The molecule has 0 unspecified atom stereocenters. The number of halogens is 1. The Labute approximate surface area is 174 Å². The molecule has 0 saturated carbocycles. The fraction of sp³-hybridized carbons (Fsp3) is 0.217. The maximum Gasteiger partial charge on any atom is 0.224 e. The molecule has 1 amide bonds. The zero-order valence-corrected chi connectivity index (χ0v) is 16.9. The summed E-state index contributed by atoms with van der Waals surface area (Å²) in [7, 11) is 1.56. The van der Waals surface area contributed by atoms with Gasteiger partial charge in [-0.25, -0.2) is 4.39 Å². The van der Waals surface area contributed by atoms with E-state index in [1.54, 1.807) is 66.9 Å². The summed E-state index contributed by atoms with van der Waals surface area (Å²) >= 11 is 0. The Morgan fingerprint density at radius 3 is 2.50 bits per heavy atom. The van der Waals surface area contributed by atoms with E-state index < -0.39 is 6.67 Å². The molecule has 3 rings (SSSR count). The van der Waals surface area contributed by atoms with Gasteiger partial charge in [0.2, 0.25) is 5.91 Å². The number of hydrogen-bond acceptors (Lipinski definition) is 5. The number of para-hydroxylation sites is 2. The second-order valence-corrected chi connectivity index (χ2v) is 6.37. The van der Waals surface area contributed by atoms with Crippen LogP contribution in [0.4, 0.5) is 10.1 Å². The number of methoxy groups -OCH3 is 1. The minimum absolute atomic E-state index is 0.0683. The maximum absolute atomic E-state index is 12.6. The molecule has 0 N–H and O–H groups in total. The van der Waals surface area contributed by atoms with Crippen LogP contribution in [0, 0.1) is 0 Å². The van der Waals surface area contributed by atoms with E-state index in [1.165, 1.54) is 6.92 Å². The number of hydrogen-bond donors (Lipinski definition) is 0. The highest BCUT2D eigenvalue weighted by molar-refractivity contribution is 5.93. The van der Waals surface area contributed by atoms with Crippen molar-refractivity contribution in [1.82, 2.24) is 4.98 Å². The number of ether oxygens (including phenoxy) is 3. The van der Waals surface area contributed by atoms with Crippen molar-refractivity contribution in [3.05, 3.63) is 72.6 Å². The van der Waals surface area contributed by atoms with Crippen molar-refractivity contribution in [2.75, 3.05) is 25.3 Å². The Balaban J connectivity index is 1.95. The Hall–Kier alpha value is -3.61. The van der Waals surface area contributed by atoms with Gasteiger partial charge in [0.15, 0.2) is 5.75 Å². The lowest BCUT2D eigenvalue weighted by molar-refractivity contribution is -0.116. The topological polar surface area (TPSA) is 60.9 Å². The van der Waals surface area contributed by atoms with Gasteiger partial charge in [-0.2, -0.15) is 0 Å². The molecule has 0 saturated heterocycles. The number of benzene rings is 2. The van der Waals surface area contributed by atoms with E-state index in [9.17, 15) is 9.18 Å². The summed E-state index contributed by atoms with van der Waals surface area (Å²) in [5.41, 5.74) is 1.29. The molecule has 0 aliphatic heterocycles. The van der Waals surface area contributed by atoms with E-state index in [-0.39, 0.29) is 19.1 Å². The van der Waals surface area contributed by atoms with E-state index in [0.717, 1.165) is 0 Å². The lowest BCUT2D eigenvalue weighted by Gasteiger charge is -2.25. The van der Waals surface area contributed by atoms with Crippen LogP contribution in [0.5, 0.6) is 23.0 Å². The molecule has 0 bridgehead atoms. The van der Waals surface area contributed by atoms with E-state index >= 15 is 0 Å². The maximum atomic E-state index is 12.6. The van der Waals surface area contributed by atoms with Crippen LogP contribution in [0.1, 0.15) is 12.5 Å². The Kier molecular flexibility index (Phi) is 7.21. The standard InChI is InChI=1S/C23H23FN2O4/c1-17(27)26(16-18-15-20(28-2)7-8-22(18)29-14-11-24)21-5-3-4-6-23(21)30-19-9-12-25-13-10-19/h3-10,12-13,15H,11,14,16H2,1-2H3. The van der Waals surface area contributed by atoms with Crippen LogP contribution >= 0.6 is 0 Å². The zero-order chi connectivity index (χ0) is 21.3. The average molecular weight is 410 g/mol. The van der Waals surface area contributed by atoms with Crippen molar-refractivity contribution in [2.45, 2.75) is 13.5 Å². The first-order valence-corrected chi connectivity index (χ1v) is 9.43. The lowest BCUT2D eigenvalue weighted by Crippen LogP contribution is -2.28. The number of rotatable bonds is 9. The molecular formula is C23H23FN2O4. The zero-order valence-electron chi connectivity index (χ0n) is 16.9. The number of alkyl halides is 1. The highest BCUT2D eigenvalue weighted by atomic mass is 19.1. The number of pyridine rings is 1. The van der Waals surface area contributed by atoms with Crippen molar-refractivity contribution < 1.29 is 23.4 Å². The Bertz CT molecular complexity index is 982. The van der Waals surface area contributed by atoms with Gasteiger partial charge in [-0.05, 0) is 42.5 Å². The highest BCUT2D eigenvalue weighted by Gasteiger charge is 2.19. The normalized spacial score (nSPS) is 10.4. The summed E-state index contributed by atoms with van der Waals surface area (Å²) in [6.45, 7) is 1.00. The molecule has 1 aromatic heterocycles. The Morgan fingerprint density at radius 2 is 1.80 bits per heavy atom. The van der Waals surface area contributed by atoms with Gasteiger partial charge in [0.1, 0.15) is 30.5 Å². The lowest BCUT2D eigenvalue weighted by atomic mass is 10.1. The number of nitrogens with zero attached hydrogens (tertiary/aromatic N) is 2. The van der Waals surface area contributed by atoms with Crippen LogP contribution in [-0.4, -0.2) is 31.3 Å². The predicted molar refractivity (Wildman–Crippen MR) is 112 cm³/mol. The van der Waals surface area contributed by atoms with Gasteiger partial charge in [0, 0.05) is 24.9 Å². The molecule has 0 aliphatic carbocycles. The molecule has 1 heterocycles. The van der Waals surface area contributed by atoms with E-state index in [4.69, 9.17) is 14.2 Å². The van der Waals surface area contributed by atoms with Gasteiger partial charge in [-0.3, -0.25) is 9.78 Å². The second-order valence-electron chi connectivity index (χ2n) is 6.37. The summed E-state index contributed by atoms with van der Waals surface area (Å²) in [4.78, 5) is 18.1. The van der Waals surface area contributed by atoms with Crippen LogP contribution in [0.3, 0.4) is 0 Å². The average Bonchev–Trinajstić information content (AvgIpc) is 2.77. The predicted octanol–water partition coefficient (Wildman–Crippen LogP) is 4.78. The monoisotopic (exact) mass is 410 g/mol. The smallest absolute Gasteiger partial charge is 0.224 e. The summed E-state index contributed by atoms with van der Waals surface area (Å²) in [6.07, 6.45) is 3.26. The molecular weight excluding hydrogens is 387 g/mol. The van der Waals surface area contributed by atoms with Crippen LogP contribution in [0.15, 0.2) is 67.0 Å². The molecule has 3 aromatic rings. The first kappa shape index (κ1) is 21.1. The van der Waals surface area contributed by atoms with Gasteiger partial charge in [-0.15, -0.1) is 0 Å². The number of carbonyl (C=O) groups is 1. The minimum Gasteiger partial charge on any atom is -0.497 e. The summed E-state index contributed by atoms with van der Waals surface area (Å²) in [5, 5.41) is 0. The van der Waals surface area contributed by atoms with Crippen molar-refractivity contribution in [3.8, 4) is 23.0 Å². The largest absolute Gasteiger partial charge is 0.497 e. The third kappa shape index (κ3) is 5.26. The first-order valence-electron chi connectivity index (χ1n) is 9.43. The molecule has 30 heavy (non-hydrogen) atoms. The quantitative estimate of drug-likeness (QED) is 0.508. The number of amides is 1. The van der Waals surface area contributed by atoms with Crippen molar-refractivity contribution in [2.24, 2.45) is 0 Å². The molecule has 0 fully saturated rings. The SMILES string of the molecule is COc1ccc(OCCF)c(CN(C(C)=O)c2ccccc2Oc2ccncc2)c1. The van der Waals surface area contributed by atoms with E-state index in [1.807, 2.05) is 12.1 Å². The minimum atomic E-state index is -0.607. The second kappa shape index (κ2) is 10.2. The van der Waals surface area contributed by atoms with Gasteiger partial charge in [-0.1, -0.05) is 12.1 Å². The number of aromatic nitrogens is 1. The fourth-order valence-electron chi connectivity index (χ4n) is 2.93. The van der Waals surface area contributed by atoms with E-state index in [0.29, 0.717) is 34.2 Å². The molecule has 0 radical (unpaired) electrons.